The number of carbonyl (C=O) groups is 1. The molecule has 7 nitrogen and oxygen atoms in total. The van der Waals surface area contributed by atoms with E-state index in [-0.39, 0.29) is 10.9 Å². The first-order chi connectivity index (χ1) is 20.8. The zero-order valence-corrected chi connectivity index (χ0v) is 26.0. The number of nitrogens with one attached hydrogen (secondary N) is 1. The Morgan fingerprint density at radius 3 is 2.07 bits per heavy atom. The minimum Gasteiger partial charge on any atom is -0.494 e. The normalized spacial score (nSPS) is 12.2. The van der Waals surface area contributed by atoms with Gasteiger partial charge >= 0.3 is 5.97 Å². The molecule has 8 heteroatoms. The zero-order chi connectivity index (χ0) is 30.7. The highest BCUT2D eigenvalue weighted by Gasteiger charge is 2.21. The molecule has 228 valence electrons. The molecule has 0 aliphatic rings. The van der Waals surface area contributed by atoms with Crippen LogP contribution in [0.3, 0.4) is 0 Å². The number of unbranched alkanes of at least 4 members (excludes halogenated alkanes) is 5. The molecule has 0 aliphatic carbocycles. The molecule has 0 fully saturated rings. The second-order valence-electron chi connectivity index (χ2n) is 10.6. The lowest BCUT2D eigenvalue weighted by atomic mass is 10.1. The van der Waals surface area contributed by atoms with Gasteiger partial charge in [0.05, 0.1) is 17.1 Å². The zero-order valence-electron chi connectivity index (χ0n) is 25.2. The number of benzene rings is 4. The fraction of sp³-hybridized carbons (Fsp3) is 0.343. The van der Waals surface area contributed by atoms with Crippen LogP contribution in [-0.4, -0.2) is 27.0 Å². The molecule has 43 heavy (non-hydrogen) atoms. The molecule has 0 spiro atoms. The van der Waals surface area contributed by atoms with E-state index in [1.54, 1.807) is 72.8 Å². The fourth-order valence-corrected chi connectivity index (χ4v) is 6.15. The van der Waals surface area contributed by atoms with Gasteiger partial charge in [0.15, 0.2) is 0 Å². The summed E-state index contributed by atoms with van der Waals surface area (Å²) in [5.74, 6) is 1.68. The number of rotatable bonds is 16. The Balaban J connectivity index is 1.35. The van der Waals surface area contributed by atoms with Crippen LogP contribution in [0.2, 0.25) is 0 Å². The Hall–Kier alpha value is -3.88. The van der Waals surface area contributed by atoms with Gasteiger partial charge in [-0.3, -0.25) is 0 Å². The number of sulfonamides is 1. The van der Waals surface area contributed by atoms with E-state index in [1.807, 2.05) is 26.0 Å². The predicted molar refractivity (Wildman–Crippen MR) is 171 cm³/mol. The van der Waals surface area contributed by atoms with Crippen LogP contribution in [0.1, 0.15) is 76.1 Å². The lowest BCUT2D eigenvalue weighted by Gasteiger charge is -2.16. The second kappa shape index (κ2) is 15.5. The van der Waals surface area contributed by atoms with E-state index in [1.165, 1.54) is 25.7 Å². The lowest BCUT2D eigenvalue weighted by molar-refractivity contribution is 0.0734. The van der Waals surface area contributed by atoms with Crippen molar-refractivity contribution >= 4 is 26.8 Å². The third kappa shape index (κ3) is 9.05. The number of carbonyl (C=O) groups excluding carboxylic acids is 1. The van der Waals surface area contributed by atoms with E-state index in [9.17, 15) is 13.2 Å². The van der Waals surface area contributed by atoms with Crippen LogP contribution >= 0.6 is 0 Å². The predicted octanol–water partition coefficient (Wildman–Crippen LogP) is 8.67. The summed E-state index contributed by atoms with van der Waals surface area (Å²) in [7, 11) is -3.70. The van der Waals surface area contributed by atoms with Crippen LogP contribution in [0, 0.1) is 0 Å². The van der Waals surface area contributed by atoms with Crippen LogP contribution in [0.15, 0.2) is 89.8 Å². The van der Waals surface area contributed by atoms with Crippen LogP contribution in [0.4, 0.5) is 0 Å². The first-order valence-corrected chi connectivity index (χ1v) is 16.6. The minimum absolute atomic E-state index is 0.180. The van der Waals surface area contributed by atoms with Crippen LogP contribution in [0.25, 0.3) is 10.8 Å². The summed E-state index contributed by atoms with van der Waals surface area (Å²) >= 11 is 0. The average Bonchev–Trinajstić information content (AvgIpc) is 3.01. The molecule has 0 aromatic heterocycles. The van der Waals surface area contributed by atoms with Gasteiger partial charge in [0.25, 0.3) is 0 Å². The number of fused-ring (bicyclic) bond motifs is 1. The molecule has 4 rings (SSSR count). The summed E-state index contributed by atoms with van der Waals surface area (Å²) in [6.07, 6.45) is 7.91. The highest BCUT2D eigenvalue weighted by molar-refractivity contribution is 7.89. The largest absolute Gasteiger partial charge is 0.494 e. The molecule has 4 aromatic rings. The molecule has 0 saturated carbocycles. The van der Waals surface area contributed by atoms with Crippen molar-refractivity contribution in [2.75, 3.05) is 6.61 Å². The van der Waals surface area contributed by atoms with E-state index < -0.39 is 16.0 Å². The Bertz CT molecular complexity index is 1580. The van der Waals surface area contributed by atoms with Crippen molar-refractivity contribution in [1.82, 2.24) is 4.72 Å². The van der Waals surface area contributed by atoms with Crippen molar-refractivity contribution in [2.45, 2.75) is 76.7 Å². The molecule has 1 N–H and O–H groups in total. The molecule has 0 bridgehead atoms. The molecular weight excluding hydrogens is 562 g/mol. The third-order valence-electron chi connectivity index (χ3n) is 7.22. The van der Waals surface area contributed by atoms with Gasteiger partial charge in [-0.15, -0.1) is 0 Å². The van der Waals surface area contributed by atoms with Crippen LogP contribution in [0.5, 0.6) is 23.0 Å². The minimum atomic E-state index is -3.70. The van der Waals surface area contributed by atoms with Gasteiger partial charge in [-0.1, -0.05) is 70.2 Å². The number of ether oxygens (including phenoxy) is 3. The quantitative estimate of drug-likeness (QED) is 0.0783. The SMILES string of the molecule is CCCCCCCCOc1ccc(C(=O)Oc2ccc(Oc3ccc(S(=O)(=O)NC(C)CC)c4ccccc34)cc2)cc1. The van der Waals surface area contributed by atoms with Gasteiger partial charge in [0, 0.05) is 16.8 Å². The van der Waals surface area contributed by atoms with E-state index >= 15 is 0 Å². The highest BCUT2D eigenvalue weighted by Crippen LogP contribution is 2.34. The molecule has 0 amide bonds. The Morgan fingerprint density at radius 2 is 1.37 bits per heavy atom. The van der Waals surface area contributed by atoms with Gasteiger partial charge in [-0.05, 0) is 80.4 Å². The maximum absolute atomic E-state index is 13.0. The van der Waals surface area contributed by atoms with Crippen molar-refractivity contribution in [3.05, 3.63) is 90.5 Å². The number of hydrogen-bond acceptors (Lipinski definition) is 6. The molecule has 0 heterocycles. The van der Waals surface area contributed by atoms with E-state index in [4.69, 9.17) is 14.2 Å². The number of esters is 1. The van der Waals surface area contributed by atoms with E-state index in [2.05, 4.69) is 11.6 Å². The first kappa shape index (κ1) is 32.0. The fourth-order valence-electron chi connectivity index (χ4n) is 4.61. The molecular formula is C35H41NO6S. The van der Waals surface area contributed by atoms with Crippen molar-refractivity contribution in [1.29, 1.82) is 0 Å². The molecule has 1 atom stereocenters. The van der Waals surface area contributed by atoms with Gasteiger partial charge in [0.1, 0.15) is 23.0 Å². The van der Waals surface area contributed by atoms with E-state index in [0.717, 1.165) is 18.6 Å². The smallest absolute Gasteiger partial charge is 0.343 e. The van der Waals surface area contributed by atoms with Gasteiger partial charge in [-0.2, -0.15) is 0 Å². The first-order valence-electron chi connectivity index (χ1n) is 15.1. The average molecular weight is 604 g/mol. The van der Waals surface area contributed by atoms with Gasteiger partial charge < -0.3 is 14.2 Å². The highest BCUT2D eigenvalue weighted by atomic mass is 32.2. The summed E-state index contributed by atoms with van der Waals surface area (Å²) in [6.45, 7) is 6.64. The molecule has 0 saturated heterocycles. The second-order valence-corrected chi connectivity index (χ2v) is 12.3. The monoisotopic (exact) mass is 603 g/mol. The molecule has 0 aliphatic heterocycles. The Labute approximate surface area is 255 Å². The summed E-state index contributed by atoms with van der Waals surface area (Å²) in [5.41, 5.74) is 0.427. The molecule has 4 aromatic carbocycles. The summed E-state index contributed by atoms with van der Waals surface area (Å²) in [4.78, 5) is 12.9. The van der Waals surface area contributed by atoms with E-state index in [0.29, 0.717) is 46.6 Å². The van der Waals surface area contributed by atoms with Crippen molar-refractivity contribution in [3.63, 3.8) is 0 Å². The summed E-state index contributed by atoms with van der Waals surface area (Å²) < 4.78 is 46.2. The Kier molecular flexibility index (Phi) is 11.6. The molecule has 1 unspecified atom stereocenters. The summed E-state index contributed by atoms with van der Waals surface area (Å²) in [5, 5.41) is 1.24. The van der Waals surface area contributed by atoms with Crippen molar-refractivity contribution < 1.29 is 27.4 Å². The molecule has 0 radical (unpaired) electrons. The maximum Gasteiger partial charge on any atom is 0.343 e. The third-order valence-corrected chi connectivity index (χ3v) is 8.87. The standard InChI is InChI=1S/C35H41NO6S/c1-4-6-7-8-9-12-25-40-28-17-15-27(16-18-28)35(37)42-30-21-19-29(20-22-30)41-33-23-24-34(32-14-11-10-13-31(32)33)43(38,39)36-26(3)5-2/h10-11,13-24,26,36H,4-9,12,25H2,1-3H3. The van der Waals surface area contributed by atoms with Gasteiger partial charge in [-0.25, -0.2) is 17.9 Å². The van der Waals surface area contributed by atoms with Crippen molar-refractivity contribution in [3.8, 4) is 23.0 Å². The maximum atomic E-state index is 13.0. The Morgan fingerprint density at radius 1 is 0.744 bits per heavy atom. The summed E-state index contributed by atoms with van der Waals surface area (Å²) in [6, 6.07) is 23.9. The van der Waals surface area contributed by atoms with Gasteiger partial charge in [0.2, 0.25) is 10.0 Å². The lowest BCUT2D eigenvalue weighted by Crippen LogP contribution is -2.32. The van der Waals surface area contributed by atoms with Crippen LogP contribution < -0.4 is 18.9 Å². The number of hydrogen-bond donors (Lipinski definition) is 1. The topological polar surface area (TPSA) is 90.9 Å². The van der Waals surface area contributed by atoms with Crippen LogP contribution in [-0.2, 0) is 10.0 Å². The van der Waals surface area contributed by atoms with Crippen molar-refractivity contribution in [2.24, 2.45) is 0 Å².